The van der Waals surface area contributed by atoms with Crippen LogP contribution in [0.4, 0.5) is 5.69 Å². The summed E-state index contributed by atoms with van der Waals surface area (Å²) >= 11 is 7.57. The lowest BCUT2D eigenvalue weighted by Crippen LogP contribution is -2.49. The van der Waals surface area contributed by atoms with Crippen LogP contribution in [0.2, 0.25) is 5.02 Å². The van der Waals surface area contributed by atoms with E-state index in [0.717, 1.165) is 40.3 Å². The van der Waals surface area contributed by atoms with E-state index >= 15 is 0 Å². The lowest BCUT2D eigenvalue weighted by molar-refractivity contribution is -0.130. The normalized spacial score (nSPS) is 14.7. The highest BCUT2D eigenvalue weighted by Gasteiger charge is 2.22. The molecule has 1 aliphatic heterocycles. The van der Waals surface area contributed by atoms with Crippen LogP contribution in [0.5, 0.6) is 0 Å². The maximum Gasteiger partial charge on any atom is 0.228 e. The molecule has 3 aromatic rings. The van der Waals surface area contributed by atoms with Crippen molar-refractivity contribution in [2.45, 2.75) is 6.42 Å². The average molecular weight is 388 g/mol. The number of nitrogens with zero attached hydrogens (tertiary/aromatic N) is 3. The number of benzene rings is 1. The standard InChI is InChI=1S/C19H18ClN3O2S/c20-14-3-1-4-16(11-14)22-6-8-23(9-7-22)18(24)12-15-13-26-19(21-15)17-5-2-10-25-17/h1-5,10-11,13H,6-9,12H2. The highest BCUT2D eigenvalue weighted by Crippen LogP contribution is 2.25. The highest BCUT2D eigenvalue weighted by molar-refractivity contribution is 7.13. The van der Waals surface area contributed by atoms with Crippen molar-refractivity contribution in [3.05, 3.63) is 58.8 Å². The van der Waals surface area contributed by atoms with Crippen molar-refractivity contribution in [3.8, 4) is 10.8 Å². The molecule has 3 heterocycles. The molecule has 0 radical (unpaired) electrons. The zero-order valence-electron chi connectivity index (χ0n) is 14.1. The first-order valence-corrected chi connectivity index (χ1v) is 9.71. The van der Waals surface area contributed by atoms with Crippen LogP contribution < -0.4 is 4.90 Å². The Kier molecular flexibility index (Phi) is 4.95. The van der Waals surface area contributed by atoms with Gasteiger partial charge < -0.3 is 14.2 Å². The molecular weight excluding hydrogens is 370 g/mol. The Morgan fingerprint density at radius 2 is 2.04 bits per heavy atom. The number of hydrogen-bond donors (Lipinski definition) is 0. The highest BCUT2D eigenvalue weighted by atomic mass is 35.5. The Morgan fingerprint density at radius 1 is 1.19 bits per heavy atom. The van der Waals surface area contributed by atoms with Crippen molar-refractivity contribution in [1.82, 2.24) is 9.88 Å². The van der Waals surface area contributed by atoms with E-state index in [1.807, 2.05) is 40.6 Å². The Bertz CT molecular complexity index is 886. The predicted molar refractivity (Wildman–Crippen MR) is 104 cm³/mol. The molecule has 134 valence electrons. The number of halogens is 1. The second-order valence-corrected chi connectivity index (χ2v) is 7.44. The second kappa shape index (κ2) is 7.51. The number of rotatable bonds is 4. The molecule has 0 bridgehead atoms. The lowest BCUT2D eigenvalue weighted by atomic mass is 10.2. The quantitative estimate of drug-likeness (QED) is 0.680. The number of carbonyl (C=O) groups is 1. The number of amides is 1. The van der Waals surface area contributed by atoms with Gasteiger partial charge in [-0.3, -0.25) is 4.79 Å². The Labute approximate surface area is 160 Å². The molecule has 1 saturated heterocycles. The fourth-order valence-corrected chi connectivity index (χ4v) is 4.03. The minimum atomic E-state index is 0.118. The summed E-state index contributed by atoms with van der Waals surface area (Å²) in [6, 6.07) is 11.5. The molecule has 0 N–H and O–H groups in total. The van der Waals surface area contributed by atoms with Crippen LogP contribution in [0.3, 0.4) is 0 Å². The summed E-state index contributed by atoms with van der Waals surface area (Å²) < 4.78 is 5.35. The van der Waals surface area contributed by atoms with E-state index in [-0.39, 0.29) is 5.91 Å². The molecule has 5 nitrogen and oxygen atoms in total. The van der Waals surface area contributed by atoms with Crippen LogP contribution >= 0.6 is 22.9 Å². The molecule has 4 rings (SSSR count). The fraction of sp³-hybridized carbons (Fsp3) is 0.263. The van der Waals surface area contributed by atoms with Gasteiger partial charge in [0, 0.05) is 42.3 Å². The van der Waals surface area contributed by atoms with E-state index in [0.29, 0.717) is 19.5 Å². The molecule has 1 fully saturated rings. The summed E-state index contributed by atoms with van der Waals surface area (Å²) in [4.78, 5) is 21.3. The molecule has 2 aromatic heterocycles. The van der Waals surface area contributed by atoms with Crippen molar-refractivity contribution in [2.75, 3.05) is 31.1 Å². The van der Waals surface area contributed by atoms with Gasteiger partial charge in [-0.15, -0.1) is 11.3 Å². The number of aromatic nitrogens is 1. The smallest absolute Gasteiger partial charge is 0.228 e. The molecule has 0 atom stereocenters. The monoisotopic (exact) mass is 387 g/mol. The maximum absolute atomic E-state index is 12.6. The van der Waals surface area contributed by atoms with E-state index in [4.69, 9.17) is 16.0 Å². The minimum Gasteiger partial charge on any atom is -0.462 e. The minimum absolute atomic E-state index is 0.118. The van der Waals surface area contributed by atoms with Crippen LogP contribution in [-0.4, -0.2) is 42.0 Å². The molecule has 26 heavy (non-hydrogen) atoms. The molecule has 0 unspecified atom stereocenters. The van der Waals surface area contributed by atoms with Gasteiger partial charge in [-0.25, -0.2) is 4.98 Å². The summed E-state index contributed by atoms with van der Waals surface area (Å²) in [5.41, 5.74) is 1.90. The van der Waals surface area contributed by atoms with E-state index in [1.165, 1.54) is 11.3 Å². The van der Waals surface area contributed by atoms with Crippen LogP contribution in [-0.2, 0) is 11.2 Å². The molecule has 1 aliphatic rings. The SMILES string of the molecule is O=C(Cc1csc(-c2ccco2)n1)N1CCN(c2cccc(Cl)c2)CC1. The van der Waals surface area contributed by atoms with Gasteiger partial charge in [-0.05, 0) is 30.3 Å². The third-order valence-corrected chi connectivity index (χ3v) is 5.56. The van der Waals surface area contributed by atoms with Crippen LogP contribution in [0.1, 0.15) is 5.69 Å². The molecular formula is C19H18ClN3O2S. The number of thiazole rings is 1. The zero-order valence-corrected chi connectivity index (χ0v) is 15.7. The number of hydrogen-bond acceptors (Lipinski definition) is 5. The van der Waals surface area contributed by atoms with E-state index in [2.05, 4.69) is 16.0 Å². The Morgan fingerprint density at radius 3 is 2.77 bits per heavy atom. The maximum atomic E-state index is 12.6. The Balaban J connectivity index is 1.34. The molecule has 0 spiro atoms. The number of furan rings is 1. The molecule has 1 amide bonds. The Hall–Kier alpha value is -2.31. The van der Waals surface area contributed by atoms with Gasteiger partial charge in [0.2, 0.25) is 5.91 Å². The van der Waals surface area contributed by atoms with Gasteiger partial charge in [0.25, 0.3) is 0 Å². The van der Waals surface area contributed by atoms with Gasteiger partial charge in [0.15, 0.2) is 10.8 Å². The zero-order chi connectivity index (χ0) is 17.9. The van der Waals surface area contributed by atoms with E-state index < -0.39 is 0 Å². The summed E-state index contributed by atoms with van der Waals surface area (Å²) in [6.45, 7) is 3.03. The second-order valence-electron chi connectivity index (χ2n) is 6.15. The van der Waals surface area contributed by atoms with Crippen molar-refractivity contribution in [3.63, 3.8) is 0 Å². The number of carbonyl (C=O) groups excluding carboxylic acids is 1. The third-order valence-electron chi connectivity index (χ3n) is 4.42. The molecule has 0 aliphatic carbocycles. The van der Waals surface area contributed by atoms with Crippen LogP contribution in [0, 0.1) is 0 Å². The van der Waals surface area contributed by atoms with Crippen molar-refractivity contribution in [2.24, 2.45) is 0 Å². The molecule has 0 saturated carbocycles. The first-order chi connectivity index (χ1) is 12.7. The van der Waals surface area contributed by atoms with Gasteiger partial charge in [0.1, 0.15) is 0 Å². The summed E-state index contributed by atoms with van der Waals surface area (Å²) in [6.07, 6.45) is 1.95. The van der Waals surface area contributed by atoms with E-state index in [9.17, 15) is 4.79 Å². The average Bonchev–Trinajstić information content (AvgIpc) is 3.33. The largest absolute Gasteiger partial charge is 0.462 e. The lowest BCUT2D eigenvalue weighted by Gasteiger charge is -2.36. The van der Waals surface area contributed by atoms with Crippen molar-refractivity contribution >= 4 is 34.5 Å². The summed E-state index contributed by atoms with van der Waals surface area (Å²) in [5, 5.41) is 3.47. The van der Waals surface area contributed by atoms with E-state index in [1.54, 1.807) is 6.26 Å². The number of piperazine rings is 1. The molecule has 1 aromatic carbocycles. The van der Waals surface area contributed by atoms with Crippen molar-refractivity contribution < 1.29 is 9.21 Å². The molecule has 7 heteroatoms. The summed E-state index contributed by atoms with van der Waals surface area (Å²) in [7, 11) is 0. The fourth-order valence-electron chi connectivity index (χ4n) is 3.06. The van der Waals surface area contributed by atoms with Gasteiger partial charge in [-0.2, -0.15) is 0 Å². The predicted octanol–water partition coefficient (Wildman–Crippen LogP) is 3.95. The van der Waals surface area contributed by atoms with Gasteiger partial charge in [0.05, 0.1) is 18.4 Å². The van der Waals surface area contributed by atoms with Crippen molar-refractivity contribution in [1.29, 1.82) is 0 Å². The topological polar surface area (TPSA) is 49.6 Å². The van der Waals surface area contributed by atoms with Crippen LogP contribution in [0.15, 0.2) is 52.5 Å². The third kappa shape index (κ3) is 3.76. The first-order valence-electron chi connectivity index (χ1n) is 8.45. The van der Waals surface area contributed by atoms with Gasteiger partial charge >= 0.3 is 0 Å². The van der Waals surface area contributed by atoms with Gasteiger partial charge in [-0.1, -0.05) is 17.7 Å². The first kappa shape index (κ1) is 17.1. The number of anilines is 1. The van der Waals surface area contributed by atoms with Crippen LogP contribution in [0.25, 0.3) is 10.8 Å². The summed E-state index contributed by atoms with van der Waals surface area (Å²) in [5.74, 6) is 0.857.